The molecule has 106 valence electrons. The Morgan fingerprint density at radius 1 is 0.857 bits per heavy atom. The van der Waals surface area contributed by atoms with E-state index in [1.807, 2.05) is 42.5 Å². The van der Waals surface area contributed by atoms with E-state index in [1.54, 1.807) is 17.0 Å². The molecule has 2 aromatic rings. The predicted octanol–water partition coefficient (Wildman–Crippen LogP) is 3.43. The van der Waals surface area contributed by atoms with E-state index in [0.29, 0.717) is 17.5 Å². The first-order chi connectivity index (χ1) is 10.3. The zero-order chi connectivity index (χ0) is 14.7. The first-order valence-corrected chi connectivity index (χ1v) is 7.26. The maximum atomic E-state index is 12.3. The number of amides is 1. The van der Waals surface area contributed by atoms with Crippen molar-refractivity contribution in [1.29, 1.82) is 0 Å². The summed E-state index contributed by atoms with van der Waals surface area (Å²) >= 11 is 0. The maximum absolute atomic E-state index is 12.3. The van der Waals surface area contributed by atoms with E-state index in [0.717, 1.165) is 25.1 Å². The van der Waals surface area contributed by atoms with Crippen molar-refractivity contribution in [1.82, 2.24) is 0 Å². The molecule has 0 spiro atoms. The molecule has 0 N–H and O–H groups in total. The van der Waals surface area contributed by atoms with Gasteiger partial charge in [0.1, 0.15) is 0 Å². The minimum absolute atomic E-state index is 0.00659. The molecule has 2 aromatic carbocycles. The molecular weight excluding hydrogens is 262 g/mol. The van der Waals surface area contributed by atoms with Crippen LogP contribution in [0.5, 0.6) is 0 Å². The molecule has 0 saturated carbocycles. The summed E-state index contributed by atoms with van der Waals surface area (Å²) in [5, 5.41) is 0. The minimum atomic E-state index is 0.00659. The smallest absolute Gasteiger partial charge is 0.226 e. The molecular formula is C18H17NO2. The summed E-state index contributed by atoms with van der Waals surface area (Å²) in [6.45, 7) is 0.769. The maximum Gasteiger partial charge on any atom is 0.226 e. The van der Waals surface area contributed by atoms with E-state index in [9.17, 15) is 9.59 Å². The SMILES string of the molecule is O=C(c1ccccc1)c1ccc(N2CCCCC2=O)cc1. The fourth-order valence-corrected chi connectivity index (χ4v) is 2.63. The molecule has 1 aliphatic rings. The van der Waals surface area contributed by atoms with Crippen LogP contribution in [0.1, 0.15) is 35.2 Å². The second kappa shape index (κ2) is 5.92. The Hall–Kier alpha value is -2.42. The van der Waals surface area contributed by atoms with Crippen LogP contribution in [0.25, 0.3) is 0 Å². The van der Waals surface area contributed by atoms with Crippen LogP contribution >= 0.6 is 0 Å². The van der Waals surface area contributed by atoms with Crippen LogP contribution in [-0.2, 0) is 4.79 Å². The summed E-state index contributed by atoms with van der Waals surface area (Å²) in [7, 11) is 0. The summed E-state index contributed by atoms with van der Waals surface area (Å²) in [6, 6.07) is 16.5. The normalized spacial score (nSPS) is 15.0. The summed E-state index contributed by atoms with van der Waals surface area (Å²) < 4.78 is 0. The number of nitrogens with zero attached hydrogens (tertiary/aromatic N) is 1. The van der Waals surface area contributed by atoms with Gasteiger partial charge in [0.25, 0.3) is 0 Å². The molecule has 1 heterocycles. The second-order valence-corrected chi connectivity index (χ2v) is 5.24. The lowest BCUT2D eigenvalue weighted by Crippen LogP contribution is -2.35. The molecule has 21 heavy (non-hydrogen) atoms. The largest absolute Gasteiger partial charge is 0.312 e. The number of hydrogen-bond acceptors (Lipinski definition) is 2. The lowest BCUT2D eigenvalue weighted by molar-refractivity contribution is -0.119. The molecule has 0 aromatic heterocycles. The fourth-order valence-electron chi connectivity index (χ4n) is 2.63. The Morgan fingerprint density at radius 3 is 2.19 bits per heavy atom. The van der Waals surface area contributed by atoms with Gasteiger partial charge in [0, 0.05) is 29.8 Å². The van der Waals surface area contributed by atoms with E-state index < -0.39 is 0 Å². The number of carbonyl (C=O) groups excluding carboxylic acids is 2. The summed E-state index contributed by atoms with van der Waals surface area (Å²) in [4.78, 5) is 26.0. The van der Waals surface area contributed by atoms with Crippen molar-refractivity contribution in [3.05, 3.63) is 65.7 Å². The van der Waals surface area contributed by atoms with Gasteiger partial charge >= 0.3 is 0 Å². The minimum Gasteiger partial charge on any atom is -0.312 e. The third-order valence-electron chi connectivity index (χ3n) is 3.80. The van der Waals surface area contributed by atoms with Crippen LogP contribution in [-0.4, -0.2) is 18.2 Å². The Balaban J connectivity index is 1.81. The van der Waals surface area contributed by atoms with E-state index in [-0.39, 0.29) is 11.7 Å². The third kappa shape index (κ3) is 2.87. The highest BCUT2D eigenvalue weighted by molar-refractivity contribution is 6.09. The predicted molar refractivity (Wildman–Crippen MR) is 82.5 cm³/mol. The lowest BCUT2D eigenvalue weighted by Gasteiger charge is -2.26. The van der Waals surface area contributed by atoms with Crippen molar-refractivity contribution in [2.45, 2.75) is 19.3 Å². The van der Waals surface area contributed by atoms with E-state index in [1.165, 1.54) is 0 Å². The Kier molecular flexibility index (Phi) is 3.82. The summed E-state index contributed by atoms with van der Waals surface area (Å²) in [5.74, 6) is 0.176. The third-order valence-corrected chi connectivity index (χ3v) is 3.80. The van der Waals surface area contributed by atoms with Gasteiger partial charge in [0.05, 0.1) is 0 Å². The Labute approximate surface area is 124 Å². The molecule has 3 nitrogen and oxygen atoms in total. The van der Waals surface area contributed by atoms with E-state index in [4.69, 9.17) is 0 Å². The molecule has 0 atom stereocenters. The Bertz CT molecular complexity index is 647. The van der Waals surface area contributed by atoms with Crippen molar-refractivity contribution in [3.8, 4) is 0 Å². The van der Waals surface area contributed by atoms with E-state index in [2.05, 4.69) is 0 Å². The van der Waals surface area contributed by atoms with Crippen LogP contribution in [0.4, 0.5) is 5.69 Å². The van der Waals surface area contributed by atoms with Crippen molar-refractivity contribution in [3.63, 3.8) is 0 Å². The van der Waals surface area contributed by atoms with Gasteiger partial charge in [-0.3, -0.25) is 9.59 Å². The highest BCUT2D eigenvalue weighted by Gasteiger charge is 2.19. The van der Waals surface area contributed by atoms with Crippen LogP contribution in [0.15, 0.2) is 54.6 Å². The van der Waals surface area contributed by atoms with Crippen molar-refractivity contribution >= 4 is 17.4 Å². The topological polar surface area (TPSA) is 37.4 Å². The highest BCUT2D eigenvalue weighted by atomic mass is 16.2. The average molecular weight is 279 g/mol. The standard InChI is InChI=1S/C18H17NO2/c20-17-8-4-5-13-19(17)16-11-9-15(10-12-16)18(21)14-6-2-1-3-7-14/h1-3,6-7,9-12H,4-5,8,13H2. The van der Waals surface area contributed by atoms with Gasteiger partial charge in [0.15, 0.2) is 5.78 Å². The van der Waals surface area contributed by atoms with E-state index >= 15 is 0 Å². The van der Waals surface area contributed by atoms with Gasteiger partial charge in [-0.25, -0.2) is 0 Å². The number of carbonyl (C=O) groups is 2. The van der Waals surface area contributed by atoms with Crippen LogP contribution in [0.2, 0.25) is 0 Å². The quantitative estimate of drug-likeness (QED) is 0.807. The van der Waals surface area contributed by atoms with Gasteiger partial charge in [0.2, 0.25) is 5.91 Å². The van der Waals surface area contributed by atoms with Crippen molar-refractivity contribution in [2.24, 2.45) is 0 Å². The molecule has 1 amide bonds. The number of piperidine rings is 1. The zero-order valence-electron chi connectivity index (χ0n) is 11.8. The first kappa shape index (κ1) is 13.6. The second-order valence-electron chi connectivity index (χ2n) is 5.24. The zero-order valence-corrected chi connectivity index (χ0v) is 11.8. The monoisotopic (exact) mass is 279 g/mol. The fraction of sp³-hybridized carbons (Fsp3) is 0.222. The van der Waals surface area contributed by atoms with Gasteiger partial charge in [-0.2, -0.15) is 0 Å². The first-order valence-electron chi connectivity index (χ1n) is 7.26. The Morgan fingerprint density at radius 2 is 1.52 bits per heavy atom. The summed E-state index contributed by atoms with van der Waals surface area (Å²) in [6.07, 6.45) is 2.63. The van der Waals surface area contributed by atoms with Gasteiger partial charge in [-0.1, -0.05) is 30.3 Å². The summed E-state index contributed by atoms with van der Waals surface area (Å²) in [5.41, 5.74) is 2.21. The molecule has 0 radical (unpaired) electrons. The molecule has 0 bridgehead atoms. The average Bonchev–Trinajstić information content (AvgIpc) is 2.56. The van der Waals surface area contributed by atoms with Crippen LogP contribution in [0.3, 0.4) is 0 Å². The van der Waals surface area contributed by atoms with Gasteiger partial charge in [-0.15, -0.1) is 0 Å². The molecule has 3 rings (SSSR count). The molecule has 0 aliphatic carbocycles. The molecule has 3 heteroatoms. The number of hydrogen-bond donors (Lipinski definition) is 0. The van der Waals surface area contributed by atoms with Crippen LogP contribution in [0, 0.1) is 0 Å². The lowest BCUT2D eigenvalue weighted by atomic mass is 10.0. The molecule has 0 unspecified atom stereocenters. The number of benzene rings is 2. The van der Waals surface area contributed by atoms with Gasteiger partial charge in [-0.05, 0) is 37.1 Å². The van der Waals surface area contributed by atoms with Crippen LogP contribution < -0.4 is 4.90 Å². The molecule has 1 saturated heterocycles. The van der Waals surface area contributed by atoms with Gasteiger partial charge < -0.3 is 4.90 Å². The highest BCUT2D eigenvalue weighted by Crippen LogP contribution is 2.22. The molecule has 1 aliphatic heterocycles. The number of anilines is 1. The molecule has 1 fully saturated rings. The van der Waals surface area contributed by atoms with Crippen molar-refractivity contribution in [2.75, 3.05) is 11.4 Å². The number of ketones is 1. The van der Waals surface area contributed by atoms with Crippen molar-refractivity contribution < 1.29 is 9.59 Å². The number of rotatable bonds is 3.